The average molecular weight is 387 g/mol. The molecule has 2 aromatic rings. The Labute approximate surface area is 166 Å². The van der Waals surface area contributed by atoms with Crippen LogP contribution in [0.2, 0.25) is 5.02 Å². The zero-order valence-electron chi connectivity index (χ0n) is 15.9. The predicted molar refractivity (Wildman–Crippen MR) is 113 cm³/mol. The van der Waals surface area contributed by atoms with Gasteiger partial charge in [-0.05, 0) is 54.8 Å². The number of hydrogen-bond acceptors (Lipinski definition) is 3. The molecule has 0 aliphatic carbocycles. The van der Waals surface area contributed by atoms with Gasteiger partial charge in [-0.3, -0.25) is 9.89 Å². The van der Waals surface area contributed by atoms with Crippen molar-refractivity contribution in [3.8, 4) is 0 Å². The first-order valence-electron chi connectivity index (χ1n) is 9.24. The number of nitrogens with zero attached hydrogens (tertiary/aromatic N) is 2. The van der Waals surface area contributed by atoms with Gasteiger partial charge in [-0.25, -0.2) is 0 Å². The SMILES string of the molecule is Cc1ccc(NC(N)=NCC(c2cccc(Cl)c2)N2CCOCC2)cc1C. The third-order valence-electron chi connectivity index (χ3n) is 4.93. The molecule has 0 radical (unpaired) electrons. The number of hydrogen-bond donors (Lipinski definition) is 2. The number of benzene rings is 2. The van der Waals surface area contributed by atoms with E-state index >= 15 is 0 Å². The summed E-state index contributed by atoms with van der Waals surface area (Å²) >= 11 is 6.21. The molecule has 27 heavy (non-hydrogen) atoms. The molecule has 6 heteroatoms. The van der Waals surface area contributed by atoms with Gasteiger partial charge in [0, 0.05) is 23.8 Å². The molecule has 0 amide bonds. The Kier molecular flexibility index (Phi) is 6.72. The molecule has 0 spiro atoms. The number of ether oxygens (including phenoxy) is 1. The van der Waals surface area contributed by atoms with Crippen LogP contribution in [0.3, 0.4) is 0 Å². The minimum Gasteiger partial charge on any atom is -0.379 e. The van der Waals surface area contributed by atoms with Crippen LogP contribution < -0.4 is 11.1 Å². The first-order chi connectivity index (χ1) is 13.0. The molecule has 1 saturated heterocycles. The van der Waals surface area contributed by atoms with E-state index in [1.54, 1.807) is 0 Å². The van der Waals surface area contributed by atoms with Gasteiger partial charge < -0.3 is 15.8 Å². The van der Waals surface area contributed by atoms with Gasteiger partial charge >= 0.3 is 0 Å². The molecule has 1 unspecified atom stereocenters. The molecule has 1 heterocycles. The smallest absolute Gasteiger partial charge is 0.193 e. The van der Waals surface area contributed by atoms with Crippen LogP contribution in [0.15, 0.2) is 47.5 Å². The van der Waals surface area contributed by atoms with Crippen molar-refractivity contribution in [2.75, 3.05) is 38.2 Å². The van der Waals surface area contributed by atoms with Gasteiger partial charge in [-0.1, -0.05) is 29.8 Å². The van der Waals surface area contributed by atoms with Crippen molar-refractivity contribution in [2.45, 2.75) is 19.9 Å². The molecule has 1 fully saturated rings. The Morgan fingerprint density at radius 2 is 1.96 bits per heavy atom. The Morgan fingerprint density at radius 1 is 1.19 bits per heavy atom. The molecule has 3 rings (SSSR count). The second-order valence-corrected chi connectivity index (χ2v) is 7.31. The maximum Gasteiger partial charge on any atom is 0.193 e. The van der Waals surface area contributed by atoms with Crippen molar-refractivity contribution >= 4 is 23.2 Å². The number of morpholine rings is 1. The lowest BCUT2D eigenvalue weighted by molar-refractivity contribution is 0.0180. The fraction of sp³-hybridized carbons (Fsp3) is 0.381. The molecule has 3 N–H and O–H groups in total. The zero-order valence-corrected chi connectivity index (χ0v) is 16.7. The molecule has 1 aliphatic rings. The third-order valence-corrected chi connectivity index (χ3v) is 5.17. The number of aliphatic imine (C=N–C) groups is 1. The van der Waals surface area contributed by atoms with E-state index < -0.39 is 0 Å². The molecule has 2 aromatic carbocycles. The zero-order chi connectivity index (χ0) is 19.2. The van der Waals surface area contributed by atoms with E-state index in [1.165, 1.54) is 11.1 Å². The van der Waals surface area contributed by atoms with Crippen LogP contribution in [0, 0.1) is 13.8 Å². The highest BCUT2D eigenvalue weighted by molar-refractivity contribution is 6.30. The third kappa shape index (κ3) is 5.45. The summed E-state index contributed by atoms with van der Waals surface area (Å²) in [4.78, 5) is 6.99. The number of rotatable bonds is 5. The van der Waals surface area contributed by atoms with Crippen molar-refractivity contribution in [3.63, 3.8) is 0 Å². The van der Waals surface area contributed by atoms with E-state index in [2.05, 4.69) is 47.3 Å². The summed E-state index contributed by atoms with van der Waals surface area (Å²) in [5, 5.41) is 3.92. The normalized spacial score (nSPS) is 16.9. The first kappa shape index (κ1) is 19.7. The van der Waals surface area contributed by atoms with Crippen LogP contribution in [0.4, 0.5) is 5.69 Å². The molecule has 0 saturated carbocycles. The van der Waals surface area contributed by atoms with Crippen LogP contribution in [0.1, 0.15) is 22.7 Å². The quantitative estimate of drug-likeness (QED) is 0.606. The molecular formula is C21H27ClN4O. The number of aryl methyl sites for hydroxylation is 2. The summed E-state index contributed by atoms with van der Waals surface area (Å²) in [7, 11) is 0. The van der Waals surface area contributed by atoms with Gasteiger partial charge in [-0.15, -0.1) is 0 Å². The van der Waals surface area contributed by atoms with Crippen LogP contribution in [-0.4, -0.2) is 43.7 Å². The summed E-state index contributed by atoms with van der Waals surface area (Å²) in [6, 6.07) is 14.3. The van der Waals surface area contributed by atoms with Crippen molar-refractivity contribution in [2.24, 2.45) is 10.7 Å². The molecular weight excluding hydrogens is 360 g/mol. The maximum atomic E-state index is 6.21. The number of anilines is 1. The Bertz CT molecular complexity index is 803. The van der Waals surface area contributed by atoms with Gasteiger partial charge in [0.15, 0.2) is 5.96 Å². The summed E-state index contributed by atoms with van der Waals surface area (Å²) < 4.78 is 5.49. The minimum absolute atomic E-state index is 0.118. The van der Waals surface area contributed by atoms with Gasteiger partial charge in [0.05, 0.1) is 25.8 Å². The lowest BCUT2D eigenvalue weighted by Crippen LogP contribution is -2.40. The largest absolute Gasteiger partial charge is 0.379 e. The average Bonchev–Trinajstić information content (AvgIpc) is 2.66. The Balaban J connectivity index is 1.74. The minimum atomic E-state index is 0.118. The number of nitrogens with one attached hydrogen (secondary N) is 1. The summed E-state index contributed by atoms with van der Waals surface area (Å²) in [6.45, 7) is 7.95. The number of nitrogens with two attached hydrogens (primary N) is 1. The van der Waals surface area contributed by atoms with Crippen LogP contribution in [0.25, 0.3) is 0 Å². The van der Waals surface area contributed by atoms with Gasteiger partial charge in [0.2, 0.25) is 0 Å². The molecule has 5 nitrogen and oxygen atoms in total. The molecule has 144 valence electrons. The Morgan fingerprint density at radius 3 is 2.67 bits per heavy atom. The van der Waals surface area contributed by atoms with Crippen LogP contribution in [-0.2, 0) is 4.74 Å². The fourth-order valence-corrected chi connectivity index (χ4v) is 3.42. The number of halogens is 1. The summed E-state index contributed by atoms with van der Waals surface area (Å²) in [5.41, 5.74) is 10.7. The van der Waals surface area contributed by atoms with Crippen molar-refractivity contribution < 1.29 is 4.74 Å². The highest BCUT2D eigenvalue weighted by Crippen LogP contribution is 2.25. The van der Waals surface area contributed by atoms with E-state index in [9.17, 15) is 0 Å². The lowest BCUT2D eigenvalue weighted by Gasteiger charge is -2.34. The topological polar surface area (TPSA) is 62.9 Å². The second-order valence-electron chi connectivity index (χ2n) is 6.87. The maximum absolute atomic E-state index is 6.21. The lowest BCUT2D eigenvalue weighted by atomic mass is 10.0. The van der Waals surface area contributed by atoms with Gasteiger partial charge in [-0.2, -0.15) is 0 Å². The van der Waals surface area contributed by atoms with E-state index in [0.29, 0.717) is 12.5 Å². The highest BCUT2D eigenvalue weighted by Gasteiger charge is 2.22. The fourth-order valence-electron chi connectivity index (χ4n) is 3.23. The number of guanidine groups is 1. The molecule has 1 atom stereocenters. The monoisotopic (exact) mass is 386 g/mol. The van der Waals surface area contributed by atoms with E-state index in [0.717, 1.165) is 42.6 Å². The van der Waals surface area contributed by atoms with E-state index in [-0.39, 0.29) is 6.04 Å². The van der Waals surface area contributed by atoms with Crippen molar-refractivity contribution in [1.82, 2.24) is 4.90 Å². The molecule has 0 bridgehead atoms. The van der Waals surface area contributed by atoms with E-state index in [4.69, 9.17) is 22.1 Å². The first-order valence-corrected chi connectivity index (χ1v) is 9.62. The van der Waals surface area contributed by atoms with Crippen LogP contribution in [0.5, 0.6) is 0 Å². The van der Waals surface area contributed by atoms with Crippen LogP contribution >= 0.6 is 11.6 Å². The Hall–Kier alpha value is -2.08. The molecule has 0 aromatic heterocycles. The van der Waals surface area contributed by atoms with Gasteiger partial charge in [0.1, 0.15) is 0 Å². The standard InChI is InChI=1S/C21H27ClN4O/c1-15-6-7-19(12-16(15)2)25-21(23)24-14-20(26-8-10-27-11-9-26)17-4-3-5-18(22)13-17/h3-7,12-13,20H,8-11,14H2,1-2H3,(H3,23,24,25). The molecule has 1 aliphatic heterocycles. The summed E-state index contributed by atoms with van der Waals surface area (Å²) in [6.07, 6.45) is 0. The predicted octanol–water partition coefficient (Wildman–Crippen LogP) is 3.76. The van der Waals surface area contributed by atoms with Crippen molar-refractivity contribution in [3.05, 3.63) is 64.2 Å². The van der Waals surface area contributed by atoms with Gasteiger partial charge in [0.25, 0.3) is 0 Å². The van der Waals surface area contributed by atoms with Crippen molar-refractivity contribution in [1.29, 1.82) is 0 Å². The highest BCUT2D eigenvalue weighted by atomic mass is 35.5. The second kappa shape index (κ2) is 9.22. The van der Waals surface area contributed by atoms with E-state index in [1.807, 2.05) is 24.3 Å². The summed E-state index contributed by atoms with van der Waals surface area (Å²) in [5.74, 6) is 0.415.